The second-order valence-corrected chi connectivity index (χ2v) is 5.66. The molecule has 0 bridgehead atoms. The Kier molecular flexibility index (Phi) is 6.67. The lowest BCUT2D eigenvalue weighted by molar-refractivity contribution is 0.0946. The van der Waals surface area contributed by atoms with Crippen LogP contribution in [0.15, 0.2) is 65.1 Å². The molecule has 0 aliphatic rings. The highest BCUT2D eigenvalue weighted by atomic mass is 32.2. The third-order valence-electron chi connectivity index (χ3n) is 3.03. The van der Waals surface area contributed by atoms with E-state index < -0.39 is 17.5 Å². The molecule has 25 heavy (non-hydrogen) atoms. The maximum atomic E-state index is 13.8. The Hall–Kier alpha value is -2.71. The molecule has 0 unspecified atom stereocenters. The number of nitrogens with one attached hydrogen (secondary N) is 2. The standard InChI is InChI=1S/C17H16F2N4OS/c1-3-8-20-23(2)14-10-12(9-13(18)11-14)17(24)21-22-25-16-7-5-4-6-15(16)19/h3-11,22H,1H2,2H3,(H,21,24)/b20-8-. The Morgan fingerprint density at radius 1 is 1.28 bits per heavy atom. The molecular formula is C17H16F2N4OS. The van der Waals surface area contributed by atoms with Gasteiger partial charge in [-0.15, -0.1) is 0 Å². The number of amides is 1. The zero-order valence-electron chi connectivity index (χ0n) is 13.4. The van der Waals surface area contributed by atoms with Crippen LogP contribution < -0.4 is 15.3 Å². The van der Waals surface area contributed by atoms with E-state index in [0.29, 0.717) is 10.6 Å². The van der Waals surface area contributed by atoms with Gasteiger partial charge in [0.15, 0.2) is 0 Å². The first-order chi connectivity index (χ1) is 12.0. The van der Waals surface area contributed by atoms with Crippen LogP contribution in [0.3, 0.4) is 0 Å². The van der Waals surface area contributed by atoms with E-state index in [4.69, 9.17) is 0 Å². The zero-order valence-corrected chi connectivity index (χ0v) is 14.2. The number of hydrogen-bond donors (Lipinski definition) is 2. The summed E-state index contributed by atoms with van der Waals surface area (Å²) in [6.07, 6.45) is 2.92. The van der Waals surface area contributed by atoms with Gasteiger partial charge in [-0.2, -0.15) is 9.93 Å². The number of hydrazine groups is 1. The molecular weight excluding hydrogens is 346 g/mol. The molecule has 5 nitrogen and oxygen atoms in total. The predicted molar refractivity (Wildman–Crippen MR) is 96.4 cm³/mol. The minimum Gasteiger partial charge on any atom is -0.277 e. The molecule has 2 N–H and O–H groups in total. The number of carbonyl (C=O) groups excluding carboxylic acids is 1. The Morgan fingerprint density at radius 3 is 2.76 bits per heavy atom. The topological polar surface area (TPSA) is 56.7 Å². The van der Waals surface area contributed by atoms with Crippen molar-refractivity contribution >= 4 is 29.8 Å². The summed E-state index contributed by atoms with van der Waals surface area (Å²) >= 11 is 0.900. The van der Waals surface area contributed by atoms with Gasteiger partial charge >= 0.3 is 0 Å². The van der Waals surface area contributed by atoms with Crippen LogP contribution in [0.5, 0.6) is 0 Å². The molecule has 0 radical (unpaired) electrons. The van der Waals surface area contributed by atoms with E-state index in [9.17, 15) is 13.6 Å². The average molecular weight is 362 g/mol. The number of hydrogen-bond acceptors (Lipinski definition) is 5. The molecule has 0 heterocycles. The lowest BCUT2D eigenvalue weighted by Crippen LogP contribution is -2.32. The van der Waals surface area contributed by atoms with Crippen molar-refractivity contribution in [2.45, 2.75) is 4.90 Å². The molecule has 0 aliphatic heterocycles. The lowest BCUT2D eigenvalue weighted by Gasteiger charge is -2.14. The van der Waals surface area contributed by atoms with E-state index in [1.165, 1.54) is 35.5 Å². The molecule has 0 fully saturated rings. The minimum absolute atomic E-state index is 0.0947. The number of rotatable bonds is 7. The van der Waals surface area contributed by atoms with Gasteiger partial charge in [-0.3, -0.25) is 15.2 Å². The third kappa shape index (κ3) is 5.40. The highest BCUT2D eigenvalue weighted by molar-refractivity contribution is 7.97. The van der Waals surface area contributed by atoms with Gasteiger partial charge in [-0.05, 0) is 48.4 Å². The monoisotopic (exact) mass is 362 g/mol. The van der Waals surface area contributed by atoms with Crippen molar-refractivity contribution in [3.8, 4) is 0 Å². The van der Waals surface area contributed by atoms with Crippen molar-refractivity contribution < 1.29 is 13.6 Å². The van der Waals surface area contributed by atoms with Crippen LogP contribution in [-0.2, 0) is 0 Å². The first kappa shape index (κ1) is 18.6. The SMILES string of the molecule is C=C/C=N\N(C)c1cc(F)cc(C(=O)NNSc2ccccc2F)c1. The summed E-state index contributed by atoms with van der Waals surface area (Å²) in [5.41, 5.74) is 2.87. The van der Waals surface area contributed by atoms with Gasteiger partial charge in [0.25, 0.3) is 5.91 Å². The Bertz CT molecular complexity index is 798. The minimum atomic E-state index is -0.579. The van der Waals surface area contributed by atoms with E-state index in [0.717, 1.165) is 18.0 Å². The lowest BCUT2D eigenvalue weighted by atomic mass is 10.2. The summed E-state index contributed by atoms with van der Waals surface area (Å²) in [7, 11) is 1.61. The summed E-state index contributed by atoms with van der Waals surface area (Å²) in [4.78, 5) is 15.0. The van der Waals surface area contributed by atoms with E-state index in [-0.39, 0.29) is 5.56 Å². The maximum absolute atomic E-state index is 13.8. The van der Waals surface area contributed by atoms with Crippen LogP contribution in [0.25, 0.3) is 0 Å². The first-order valence-electron chi connectivity index (χ1n) is 7.17. The van der Waals surface area contributed by atoms with Crippen molar-refractivity contribution in [1.82, 2.24) is 10.3 Å². The number of hydrazone groups is 1. The summed E-state index contributed by atoms with van der Waals surface area (Å²) in [6.45, 7) is 3.50. The van der Waals surface area contributed by atoms with E-state index >= 15 is 0 Å². The van der Waals surface area contributed by atoms with Crippen molar-refractivity contribution in [2.75, 3.05) is 12.1 Å². The average Bonchev–Trinajstić information content (AvgIpc) is 2.60. The van der Waals surface area contributed by atoms with Crippen LogP contribution in [-0.4, -0.2) is 19.2 Å². The van der Waals surface area contributed by atoms with E-state index in [2.05, 4.69) is 21.9 Å². The Morgan fingerprint density at radius 2 is 2.04 bits per heavy atom. The third-order valence-corrected chi connectivity index (χ3v) is 3.78. The van der Waals surface area contributed by atoms with Gasteiger partial charge in [-0.25, -0.2) is 8.78 Å². The first-order valence-corrected chi connectivity index (χ1v) is 7.99. The summed E-state index contributed by atoms with van der Waals surface area (Å²) in [5.74, 6) is -1.56. The van der Waals surface area contributed by atoms with Crippen molar-refractivity contribution in [2.24, 2.45) is 5.10 Å². The normalized spacial score (nSPS) is 10.7. The fourth-order valence-corrected chi connectivity index (χ4v) is 2.40. The summed E-state index contributed by atoms with van der Waals surface area (Å²) in [6, 6.07) is 9.94. The molecule has 130 valence electrons. The summed E-state index contributed by atoms with van der Waals surface area (Å²) in [5, 5.41) is 5.40. The molecule has 1 amide bonds. The van der Waals surface area contributed by atoms with E-state index in [1.807, 2.05) is 0 Å². The van der Waals surface area contributed by atoms with Gasteiger partial charge in [0, 0.05) is 18.8 Å². The van der Waals surface area contributed by atoms with Crippen LogP contribution in [0.1, 0.15) is 10.4 Å². The van der Waals surface area contributed by atoms with Crippen LogP contribution >= 0.6 is 11.9 Å². The quantitative estimate of drug-likeness (QED) is 0.450. The van der Waals surface area contributed by atoms with Crippen LogP contribution in [0.2, 0.25) is 0 Å². The van der Waals surface area contributed by atoms with Gasteiger partial charge in [-0.1, -0.05) is 18.7 Å². The van der Waals surface area contributed by atoms with Crippen molar-refractivity contribution in [3.05, 3.63) is 72.3 Å². The summed E-state index contributed by atoms with van der Waals surface area (Å²) < 4.78 is 27.2. The smallest absolute Gasteiger partial charge is 0.266 e. The molecule has 0 atom stereocenters. The van der Waals surface area contributed by atoms with Crippen molar-refractivity contribution in [3.63, 3.8) is 0 Å². The van der Waals surface area contributed by atoms with E-state index in [1.54, 1.807) is 25.2 Å². The number of nitrogens with zero attached hydrogens (tertiary/aromatic N) is 2. The van der Waals surface area contributed by atoms with Gasteiger partial charge in [0.1, 0.15) is 11.6 Å². The van der Waals surface area contributed by atoms with Crippen LogP contribution in [0, 0.1) is 11.6 Å². The second kappa shape index (κ2) is 8.95. The molecule has 0 saturated carbocycles. The van der Waals surface area contributed by atoms with Gasteiger partial charge in [0.2, 0.25) is 0 Å². The maximum Gasteiger partial charge on any atom is 0.266 e. The van der Waals surface area contributed by atoms with Gasteiger partial charge in [0.05, 0.1) is 10.6 Å². The number of benzene rings is 2. The highest BCUT2D eigenvalue weighted by Gasteiger charge is 2.11. The fourth-order valence-electron chi connectivity index (χ4n) is 1.83. The highest BCUT2D eigenvalue weighted by Crippen LogP contribution is 2.19. The fraction of sp³-hybridized carbons (Fsp3) is 0.0588. The van der Waals surface area contributed by atoms with Gasteiger partial charge < -0.3 is 0 Å². The Balaban J connectivity index is 2.03. The molecule has 2 aromatic rings. The van der Waals surface area contributed by atoms with Crippen LogP contribution in [0.4, 0.5) is 14.5 Å². The molecule has 0 spiro atoms. The zero-order chi connectivity index (χ0) is 18.2. The van der Waals surface area contributed by atoms with Crippen molar-refractivity contribution in [1.29, 1.82) is 0 Å². The second-order valence-electron chi connectivity index (χ2n) is 4.81. The number of allylic oxidation sites excluding steroid dienone is 1. The molecule has 8 heteroatoms. The largest absolute Gasteiger partial charge is 0.277 e. The molecule has 0 aromatic heterocycles. The molecule has 2 aromatic carbocycles. The number of carbonyl (C=O) groups is 1. The molecule has 0 saturated heterocycles. The molecule has 2 rings (SSSR count). The predicted octanol–water partition coefficient (Wildman–Crippen LogP) is 3.51. The number of halogens is 2. The number of anilines is 1. The Labute approximate surface area is 148 Å². The molecule has 0 aliphatic carbocycles.